The fourth-order valence-corrected chi connectivity index (χ4v) is 1.34. The lowest BCUT2D eigenvalue weighted by atomic mass is 10.3. The summed E-state index contributed by atoms with van der Waals surface area (Å²) >= 11 is 0. The summed E-state index contributed by atoms with van der Waals surface area (Å²) in [7, 11) is 0. The van der Waals surface area contributed by atoms with Gasteiger partial charge < -0.3 is 4.48 Å². The molecule has 1 nitrogen and oxygen atoms in total. The maximum Gasteiger partial charge on any atom is 0.0757 e. The molecule has 0 spiro atoms. The Morgan fingerprint density at radius 2 is 0.643 bits per heavy atom. The van der Waals surface area contributed by atoms with Crippen LogP contribution in [0, 0.1) is 0 Å². The highest BCUT2D eigenvalue weighted by molar-refractivity contribution is 4.31. The Morgan fingerprint density at radius 1 is 0.500 bits per heavy atom. The van der Waals surface area contributed by atoms with E-state index in [0.29, 0.717) is 0 Å². The summed E-state index contributed by atoms with van der Waals surface area (Å²) in [6.07, 6.45) is 0. The Morgan fingerprint density at radius 3 is 0.643 bits per heavy atom. The predicted octanol–water partition coefficient (Wildman–Crippen LogP) is 2.65. The molecular formula is C8H25F5N+. The van der Waals surface area contributed by atoms with Crippen molar-refractivity contribution in [3.05, 3.63) is 0 Å². The first-order valence-corrected chi connectivity index (χ1v) is 4.09. The number of halogens is 5. The van der Waals surface area contributed by atoms with Crippen LogP contribution in [0.2, 0.25) is 0 Å². The Labute approximate surface area is 82.9 Å². The van der Waals surface area contributed by atoms with Gasteiger partial charge in [-0.15, -0.1) is 0 Å². The van der Waals surface area contributed by atoms with Gasteiger partial charge in [0.25, 0.3) is 0 Å². The van der Waals surface area contributed by atoms with Crippen molar-refractivity contribution in [3.63, 3.8) is 0 Å². The summed E-state index contributed by atoms with van der Waals surface area (Å²) in [5, 5.41) is 0. The molecule has 0 bridgehead atoms. The van der Waals surface area contributed by atoms with E-state index >= 15 is 0 Å². The molecule has 0 atom stereocenters. The van der Waals surface area contributed by atoms with E-state index in [1.165, 1.54) is 30.7 Å². The first kappa shape index (κ1) is 37.4. The van der Waals surface area contributed by atoms with Crippen LogP contribution in [-0.4, -0.2) is 30.7 Å². The van der Waals surface area contributed by atoms with E-state index in [1.807, 2.05) is 0 Å². The number of quaternary nitrogens is 1. The second-order valence-corrected chi connectivity index (χ2v) is 2.61. The lowest BCUT2D eigenvalue weighted by Crippen LogP contribution is -2.47. The Balaban J connectivity index is -0.0000000320. The van der Waals surface area contributed by atoms with E-state index in [-0.39, 0.29) is 23.5 Å². The summed E-state index contributed by atoms with van der Waals surface area (Å²) in [6, 6.07) is 0. The van der Waals surface area contributed by atoms with Crippen molar-refractivity contribution in [2.24, 2.45) is 0 Å². The van der Waals surface area contributed by atoms with E-state index in [1.54, 1.807) is 0 Å². The van der Waals surface area contributed by atoms with Crippen molar-refractivity contribution in [2.45, 2.75) is 27.7 Å². The van der Waals surface area contributed by atoms with Crippen molar-refractivity contribution < 1.29 is 28.0 Å². The van der Waals surface area contributed by atoms with Crippen LogP contribution in [0.4, 0.5) is 23.5 Å². The summed E-state index contributed by atoms with van der Waals surface area (Å²) in [5.74, 6) is 0. The van der Waals surface area contributed by atoms with Crippen LogP contribution in [0.5, 0.6) is 0 Å². The number of hydrogen-bond acceptors (Lipinski definition) is 0. The van der Waals surface area contributed by atoms with Crippen LogP contribution >= 0.6 is 0 Å². The van der Waals surface area contributed by atoms with Crippen LogP contribution in [0.15, 0.2) is 0 Å². The highest BCUT2D eigenvalue weighted by Crippen LogP contribution is 2.03. The smallest absolute Gasteiger partial charge is 0.0757 e. The minimum atomic E-state index is 0. The molecule has 0 radical (unpaired) electrons. The van der Waals surface area contributed by atoms with E-state index in [2.05, 4.69) is 27.7 Å². The molecule has 0 aromatic rings. The molecule has 96 valence electrons. The molecule has 0 saturated heterocycles. The molecule has 0 saturated carbocycles. The highest BCUT2D eigenvalue weighted by atomic mass is 19.0. The van der Waals surface area contributed by atoms with Gasteiger partial charge in [-0.1, -0.05) is 0 Å². The number of hydrogen-bond donors (Lipinski definition) is 0. The largest absolute Gasteiger partial charge is 0.325 e. The van der Waals surface area contributed by atoms with Crippen LogP contribution in [0.3, 0.4) is 0 Å². The highest BCUT2D eigenvalue weighted by Gasteiger charge is 2.16. The zero-order chi connectivity index (χ0) is 7.33. The van der Waals surface area contributed by atoms with Gasteiger partial charge in [0.1, 0.15) is 0 Å². The van der Waals surface area contributed by atoms with Gasteiger partial charge in [0, 0.05) is 0 Å². The van der Waals surface area contributed by atoms with Gasteiger partial charge in [0.05, 0.1) is 26.2 Å². The molecule has 0 aromatic carbocycles. The number of rotatable bonds is 4. The molecule has 0 aliphatic carbocycles. The van der Waals surface area contributed by atoms with Crippen LogP contribution in [0.1, 0.15) is 27.7 Å². The van der Waals surface area contributed by atoms with E-state index in [9.17, 15) is 0 Å². The maximum absolute atomic E-state index is 2.27. The third kappa shape index (κ3) is 9.70. The van der Waals surface area contributed by atoms with Gasteiger partial charge in [-0.2, -0.15) is 0 Å². The fraction of sp³-hybridized carbons (Fsp3) is 1.00. The van der Waals surface area contributed by atoms with E-state index < -0.39 is 0 Å². The van der Waals surface area contributed by atoms with Crippen molar-refractivity contribution in [2.75, 3.05) is 26.2 Å². The van der Waals surface area contributed by atoms with Crippen LogP contribution in [0.25, 0.3) is 0 Å². The van der Waals surface area contributed by atoms with Crippen LogP contribution in [-0.2, 0) is 0 Å². The van der Waals surface area contributed by atoms with E-state index in [0.717, 1.165) is 0 Å². The fourth-order valence-electron chi connectivity index (χ4n) is 1.34. The summed E-state index contributed by atoms with van der Waals surface area (Å²) in [6.45, 7) is 14.2. The molecule has 0 rings (SSSR count). The lowest BCUT2D eigenvalue weighted by molar-refractivity contribution is -0.921. The minimum Gasteiger partial charge on any atom is -0.325 e. The van der Waals surface area contributed by atoms with Gasteiger partial charge in [0.15, 0.2) is 0 Å². The van der Waals surface area contributed by atoms with Gasteiger partial charge in [-0.3, -0.25) is 23.5 Å². The van der Waals surface area contributed by atoms with Gasteiger partial charge in [0.2, 0.25) is 0 Å². The third-order valence-corrected chi connectivity index (χ3v) is 2.68. The first-order chi connectivity index (χ1) is 4.24. The van der Waals surface area contributed by atoms with Gasteiger partial charge >= 0.3 is 0 Å². The lowest BCUT2D eigenvalue weighted by Gasteiger charge is -2.34. The second kappa shape index (κ2) is 18.4. The standard InChI is InChI=1S/C8H20N.5FH/c1-5-9(6-2,7-3)8-4;;;;;/h5-8H2,1-4H3;5*1H/q+1;;;;;. The van der Waals surface area contributed by atoms with Crippen molar-refractivity contribution in [1.29, 1.82) is 0 Å². The molecule has 6 heteroatoms. The van der Waals surface area contributed by atoms with Gasteiger partial charge in [-0.05, 0) is 27.7 Å². The van der Waals surface area contributed by atoms with Crippen LogP contribution < -0.4 is 0 Å². The second-order valence-electron chi connectivity index (χ2n) is 2.61. The molecule has 14 heavy (non-hydrogen) atoms. The molecule has 0 amide bonds. The molecule has 0 aliphatic heterocycles. The minimum absolute atomic E-state index is 0. The zero-order valence-electron chi connectivity index (χ0n) is 9.32. The SMILES string of the molecule is CC[N+](CC)(CC)CC.F.F.F.F.F. The average Bonchev–Trinajstić information content (AvgIpc) is 1.95. The number of nitrogens with zero attached hydrogens (tertiary/aromatic N) is 1. The monoisotopic (exact) mass is 230 g/mol. The molecule has 0 heterocycles. The molecule has 0 aromatic heterocycles. The normalized spacial score (nSPS) is 7.71. The summed E-state index contributed by atoms with van der Waals surface area (Å²) < 4.78 is 1.28. The summed E-state index contributed by atoms with van der Waals surface area (Å²) in [4.78, 5) is 0. The molecule has 0 N–H and O–H groups in total. The maximum atomic E-state index is 2.27. The predicted molar refractivity (Wildman–Crippen MR) is 54.9 cm³/mol. The Kier molecular flexibility index (Phi) is 49.1. The first-order valence-electron chi connectivity index (χ1n) is 4.09. The third-order valence-electron chi connectivity index (χ3n) is 2.68. The summed E-state index contributed by atoms with van der Waals surface area (Å²) in [5.41, 5.74) is 0. The quantitative estimate of drug-likeness (QED) is 0.514. The Hall–Kier alpha value is -0.390. The van der Waals surface area contributed by atoms with Gasteiger partial charge in [-0.25, -0.2) is 0 Å². The topological polar surface area (TPSA) is 0 Å². The van der Waals surface area contributed by atoms with E-state index in [4.69, 9.17) is 0 Å². The van der Waals surface area contributed by atoms with Crippen molar-refractivity contribution in [3.8, 4) is 0 Å². The Bertz CT molecular complexity index is 60.6. The molecule has 0 aliphatic rings. The molecule has 0 fully saturated rings. The van der Waals surface area contributed by atoms with Crippen molar-refractivity contribution >= 4 is 0 Å². The van der Waals surface area contributed by atoms with Crippen molar-refractivity contribution in [1.82, 2.24) is 0 Å². The average molecular weight is 230 g/mol. The molecular weight excluding hydrogens is 205 g/mol. The molecule has 0 unspecified atom stereocenters. The zero-order valence-corrected chi connectivity index (χ0v) is 9.32.